The molecule has 3 heterocycles. The summed E-state index contributed by atoms with van der Waals surface area (Å²) in [6.45, 7) is 2.07. The minimum Gasteiger partial charge on any atom is -0.497 e. The van der Waals surface area contributed by atoms with Gasteiger partial charge in [0.25, 0.3) is 5.88 Å². The highest BCUT2D eigenvalue weighted by Crippen LogP contribution is 2.33. The summed E-state index contributed by atoms with van der Waals surface area (Å²) < 4.78 is 22.0. The maximum Gasteiger partial charge on any atom is 0.263 e. The van der Waals surface area contributed by atoms with E-state index >= 15 is 0 Å². The van der Waals surface area contributed by atoms with E-state index in [0.717, 1.165) is 29.9 Å². The molecule has 2 aliphatic heterocycles. The molecule has 0 radical (unpaired) electrons. The summed E-state index contributed by atoms with van der Waals surface area (Å²) in [5, 5.41) is 3.05. The van der Waals surface area contributed by atoms with Crippen LogP contribution < -0.4 is 29.2 Å². The van der Waals surface area contributed by atoms with Crippen molar-refractivity contribution in [2.24, 2.45) is 5.92 Å². The zero-order chi connectivity index (χ0) is 23.3. The Balaban J connectivity index is 1.17. The first-order chi connectivity index (χ1) is 16.7. The largest absolute Gasteiger partial charge is 0.497 e. The third kappa shape index (κ3) is 4.83. The number of hydrogen-bond donors (Lipinski definition) is 1. The number of rotatable bonds is 7. The predicted octanol–water partition coefficient (Wildman–Crippen LogP) is 3.54. The van der Waals surface area contributed by atoms with Crippen LogP contribution in [0.4, 0.5) is 5.82 Å². The molecule has 0 bridgehead atoms. The fourth-order valence-electron chi connectivity index (χ4n) is 4.12. The molecule has 0 unspecified atom stereocenters. The van der Waals surface area contributed by atoms with Crippen molar-refractivity contribution in [2.45, 2.75) is 19.4 Å². The lowest BCUT2D eigenvalue weighted by atomic mass is 9.96. The van der Waals surface area contributed by atoms with Gasteiger partial charge in [-0.25, -0.2) is 9.97 Å². The standard InChI is InChI=1S/C25H26N4O5/c1-31-19-3-2-4-20(14-19)34-25-23(26-9-10-27-25)29-11-7-18(8-12-29)24(30)28-15-17-5-6-21-22(13-17)33-16-32-21/h2-6,9-10,13-14,18H,7-8,11-12,15-16H2,1H3,(H,28,30). The van der Waals surface area contributed by atoms with E-state index in [2.05, 4.69) is 20.2 Å². The first-order valence-electron chi connectivity index (χ1n) is 11.2. The number of aromatic nitrogens is 2. The molecule has 0 atom stereocenters. The van der Waals surface area contributed by atoms with Crippen LogP contribution in [0.2, 0.25) is 0 Å². The van der Waals surface area contributed by atoms with Gasteiger partial charge in [-0.05, 0) is 42.7 Å². The number of carbonyl (C=O) groups excluding carboxylic acids is 1. The van der Waals surface area contributed by atoms with Crippen LogP contribution in [-0.2, 0) is 11.3 Å². The van der Waals surface area contributed by atoms with Crippen molar-refractivity contribution in [3.63, 3.8) is 0 Å². The highest BCUT2D eigenvalue weighted by Gasteiger charge is 2.27. The molecule has 9 heteroatoms. The SMILES string of the molecule is COc1cccc(Oc2nccnc2N2CCC(C(=O)NCc3ccc4c(c3)OCO4)CC2)c1. The number of methoxy groups -OCH3 is 1. The van der Waals surface area contributed by atoms with Crippen LogP contribution in [0.3, 0.4) is 0 Å². The summed E-state index contributed by atoms with van der Waals surface area (Å²) in [4.78, 5) is 23.8. The topological polar surface area (TPSA) is 95.0 Å². The van der Waals surface area contributed by atoms with E-state index in [0.29, 0.717) is 42.8 Å². The van der Waals surface area contributed by atoms with Crippen molar-refractivity contribution in [3.8, 4) is 28.9 Å². The van der Waals surface area contributed by atoms with Gasteiger partial charge in [0.15, 0.2) is 17.3 Å². The fourth-order valence-corrected chi connectivity index (χ4v) is 4.12. The smallest absolute Gasteiger partial charge is 0.263 e. The number of carbonyl (C=O) groups is 1. The zero-order valence-electron chi connectivity index (χ0n) is 18.9. The van der Waals surface area contributed by atoms with Gasteiger partial charge >= 0.3 is 0 Å². The minimum atomic E-state index is -0.0512. The molecule has 2 aromatic carbocycles. The maximum atomic E-state index is 12.8. The summed E-state index contributed by atoms with van der Waals surface area (Å²) in [5.74, 6) is 3.90. The average molecular weight is 463 g/mol. The lowest BCUT2D eigenvalue weighted by molar-refractivity contribution is -0.125. The van der Waals surface area contributed by atoms with Crippen LogP contribution in [0.25, 0.3) is 0 Å². The number of amides is 1. The van der Waals surface area contributed by atoms with Gasteiger partial charge < -0.3 is 29.2 Å². The third-order valence-electron chi connectivity index (χ3n) is 5.97. The van der Waals surface area contributed by atoms with Crippen LogP contribution in [-0.4, -0.2) is 42.9 Å². The van der Waals surface area contributed by atoms with Crippen molar-refractivity contribution < 1.29 is 23.7 Å². The van der Waals surface area contributed by atoms with E-state index in [1.165, 1.54) is 0 Å². The number of anilines is 1. The number of nitrogens with one attached hydrogen (secondary N) is 1. The summed E-state index contributed by atoms with van der Waals surface area (Å²) in [7, 11) is 1.61. The molecule has 9 nitrogen and oxygen atoms in total. The van der Waals surface area contributed by atoms with E-state index in [1.807, 2.05) is 36.4 Å². The Morgan fingerprint density at radius 1 is 1.06 bits per heavy atom. The van der Waals surface area contributed by atoms with E-state index in [1.54, 1.807) is 25.6 Å². The molecule has 1 N–H and O–H groups in total. The maximum absolute atomic E-state index is 12.8. The van der Waals surface area contributed by atoms with Gasteiger partial charge in [0.05, 0.1) is 7.11 Å². The second kappa shape index (κ2) is 9.86. The Morgan fingerprint density at radius 3 is 2.71 bits per heavy atom. The molecule has 0 aliphatic carbocycles. The molecule has 176 valence electrons. The van der Waals surface area contributed by atoms with Crippen molar-refractivity contribution in [3.05, 3.63) is 60.4 Å². The molecule has 0 saturated carbocycles. The Morgan fingerprint density at radius 2 is 1.85 bits per heavy atom. The second-order valence-electron chi connectivity index (χ2n) is 8.13. The second-order valence-corrected chi connectivity index (χ2v) is 8.13. The molecule has 2 aliphatic rings. The summed E-state index contributed by atoms with van der Waals surface area (Å²) in [5.41, 5.74) is 0.980. The van der Waals surface area contributed by atoms with Crippen LogP contribution in [0.15, 0.2) is 54.9 Å². The molecular formula is C25H26N4O5. The van der Waals surface area contributed by atoms with Gasteiger partial charge in [-0.3, -0.25) is 4.79 Å². The van der Waals surface area contributed by atoms with Gasteiger partial charge in [0.2, 0.25) is 12.7 Å². The molecule has 3 aromatic rings. The van der Waals surface area contributed by atoms with Crippen molar-refractivity contribution in [1.29, 1.82) is 0 Å². The molecule has 34 heavy (non-hydrogen) atoms. The Kier molecular flexibility index (Phi) is 6.33. The van der Waals surface area contributed by atoms with E-state index in [4.69, 9.17) is 18.9 Å². The number of nitrogens with zero attached hydrogens (tertiary/aromatic N) is 3. The highest BCUT2D eigenvalue weighted by molar-refractivity contribution is 5.79. The zero-order valence-corrected chi connectivity index (χ0v) is 18.9. The number of hydrogen-bond acceptors (Lipinski definition) is 8. The van der Waals surface area contributed by atoms with Gasteiger partial charge in [-0.1, -0.05) is 12.1 Å². The summed E-state index contributed by atoms with van der Waals surface area (Å²) >= 11 is 0. The van der Waals surface area contributed by atoms with Crippen LogP contribution in [0.1, 0.15) is 18.4 Å². The molecule has 5 rings (SSSR count). The number of ether oxygens (including phenoxy) is 4. The lowest BCUT2D eigenvalue weighted by Gasteiger charge is -2.32. The average Bonchev–Trinajstić information content (AvgIpc) is 3.36. The number of benzene rings is 2. The lowest BCUT2D eigenvalue weighted by Crippen LogP contribution is -2.40. The molecule has 1 fully saturated rings. The van der Waals surface area contributed by atoms with Gasteiger partial charge in [-0.2, -0.15) is 0 Å². The van der Waals surface area contributed by atoms with Crippen molar-refractivity contribution >= 4 is 11.7 Å². The summed E-state index contributed by atoms with van der Waals surface area (Å²) in [6.07, 6.45) is 4.71. The number of fused-ring (bicyclic) bond motifs is 1. The fraction of sp³-hybridized carbons (Fsp3) is 0.320. The monoisotopic (exact) mass is 462 g/mol. The Hall–Kier alpha value is -4.01. The van der Waals surface area contributed by atoms with Crippen LogP contribution in [0, 0.1) is 5.92 Å². The quantitative estimate of drug-likeness (QED) is 0.570. The molecule has 1 saturated heterocycles. The first-order valence-corrected chi connectivity index (χ1v) is 11.2. The molecule has 1 aromatic heterocycles. The van der Waals surface area contributed by atoms with Crippen LogP contribution >= 0.6 is 0 Å². The third-order valence-corrected chi connectivity index (χ3v) is 5.97. The number of piperidine rings is 1. The van der Waals surface area contributed by atoms with Crippen molar-refractivity contribution in [2.75, 3.05) is 31.9 Å². The van der Waals surface area contributed by atoms with Gasteiger partial charge in [0.1, 0.15) is 11.5 Å². The van der Waals surface area contributed by atoms with Crippen molar-refractivity contribution in [1.82, 2.24) is 15.3 Å². The van der Waals surface area contributed by atoms with Gasteiger partial charge in [0, 0.05) is 44.0 Å². The van der Waals surface area contributed by atoms with E-state index < -0.39 is 0 Å². The molecule has 0 spiro atoms. The molecule has 1 amide bonds. The minimum absolute atomic E-state index is 0.0512. The van der Waals surface area contributed by atoms with Gasteiger partial charge in [-0.15, -0.1) is 0 Å². The van der Waals surface area contributed by atoms with Crippen LogP contribution in [0.5, 0.6) is 28.9 Å². The molecular weight excluding hydrogens is 436 g/mol. The summed E-state index contributed by atoms with van der Waals surface area (Å²) in [6, 6.07) is 13.1. The first kappa shape index (κ1) is 21.8. The normalized spacial score (nSPS) is 15.1. The highest BCUT2D eigenvalue weighted by atomic mass is 16.7. The van der Waals surface area contributed by atoms with E-state index in [9.17, 15) is 4.79 Å². The Labute approximate surface area is 197 Å². The predicted molar refractivity (Wildman–Crippen MR) is 124 cm³/mol. The Bertz CT molecular complexity index is 1160. The van der Waals surface area contributed by atoms with E-state index in [-0.39, 0.29) is 18.6 Å².